The minimum atomic E-state index is 0.648. The molecule has 1 aliphatic heterocycles. The molecular weight excluding hydrogens is 172 g/mol. The van der Waals surface area contributed by atoms with E-state index in [9.17, 15) is 0 Å². The quantitative estimate of drug-likeness (QED) is 0.741. The maximum absolute atomic E-state index is 3.42. The zero-order chi connectivity index (χ0) is 10.2. The van der Waals surface area contributed by atoms with Crippen molar-refractivity contribution in [1.29, 1.82) is 0 Å². The molecule has 1 saturated carbocycles. The van der Waals surface area contributed by atoms with Gasteiger partial charge in [-0.1, -0.05) is 13.8 Å². The van der Waals surface area contributed by atoms with Gasteiger partial charge in [-0.05, 0) is 44.7 Å². The number of hydrogen-bond donors (Lipinski definition) is 1. The van der Waals surface area contributed by atoms with Crippen molar-refractivity contribution in [3.63, 3.8) is 0 Å². The lowest BCUT2D eigenvalue weighted by Gasteiger charge is -2.34. The number of likely N-dealkylation sites (tertiary alicyclic amines) is 1. The number of nitrogens with one attached hydrogen (secondary N) is 1. The normalized spacial score (nSPS) is 43.9. The second-order valence-electron chi connectivity index (χ2n) is 5.35. The van der Waals surface area contributed by atoms with Crippen LogP contribution in [0.3, 0.4) is 0 Å². The first-order valence-corrected chi connectivity index (χ1v) is 6.11. The third-order valence-corrected chi connectivity index (χ3v) is 4.41. The van der Waals surface area contributed by atoms with E-state index in [1.54, 1.807) is 0 Å². The SMILES string of the molecule is CCC1(C)CC1N1CCCC(NC)C1. The molecule has 2 aliphatic rings. The van der Waals surface area contributed by atoms with E-state index in [1.807, 2.05) is 0 Å². The summed E-state index contributed by atoms with van der Waals surface area (Å²) in [6, 6.07) is 1.63. The Kier molecular flexibility index (Phi) is 2.85. The molecule has 0 bridgehead atoms. The van der Waals surface area contributed by atoms with E-state index in [0.717, 1.165) is 12.1 Å². The van der Waals surface area contributed by atoms with Crippen LogP contribution in [0.25, 0.3) is 0 Å². The lowest BCUT2D eigenvalue weighted by atomic mass is 10.0. The van der Waals surface area contributed by atoms with E-state index < -0.39 is 0 Å². The fourth-order valence-electron chi connectivity index (χ4n) is 2.86. The fourth-order valence-corrected chi connectivity index (χ4v) is 2.86. The average Bonchev–Trinajstić information content (AvgIpc) is 2.92. The first-order chi connectivity index (χ1) is 6.69. The Morgan fingerprint density at radius 2 is 2.29 bits per heavy atom. The highest BCUT2D eigenvalue weighted by Crippen LogP contribution is 2.52. The van der Waals surface area contributed by atoms with Gasteiger partial charge in [-0.3, -0.25) is 4.90 Å². The van der Waals surface area contributed by atoms with Gasteiger partial charge in [0.1, 0.15) is 0 Å². The molecule has 0 amide bonds. The Balaban J connectivity index is 1.87. The van der Waals surface area contributed by atoms with Gasteiger partial charge >= 0.3 is 0 Å². The minimum Gasteiger partial charge on any atom is -0.316 e. The lowest BCUT2D eigenvalue weighted by Crippen LogP contribution is -2.46. The van der Waals surface area contributed by atoms with Crippen LogP contribution < -0.4 is 5.32 Å². The summed E-state index contributed by atoms with van der Waals surface area (Å²) >= 11 is 0. The number of likely N-dealkylation sites (N-methyl/N-ethyl adjacent to an activating group) is 1. The van der Waals surface area contributed by atoms with Gasteiger partial charge in [0.05, 0.1) is 0 Å². The van der Waals surface area contributed by atoms with Crippen molar-refractivity contribution in [3.8, 4) is 0 Å². The van der Waals surface area contributed by atoms with Crippen LogP contribution in [0.1, 0.15) is 39.5 Å². The molecule has 0 aromatic carbocycles. The van der Waals surface area contributed by atoms with E-state index in [4.69, 9.17) is 0 Å². The number of hydrogen-bond acceptors (Lipinski definition) is 2. The molecule has 2 heteroatoms. The first-order valence-electron chi connectivity index (χ1n) is 6.11. The lowest BCUT2D eigenvalue weighted by molar-refractivity contribution is 0.165. The molecule has 14 heavy (non-hydrogen) atoms. The molecular formula is C12H24N2. The fraction of sp³-hybridized carbons (Fsp3) is 1.00. The Morgan fingerprint density at radius 3 is 2.86 bits per heavy atom. The highest BCUT2D eigenvalue weighted by molar-refractivity contribution is 5.06. The van der Waals surface area contributed by atoms with E-state index in [1.165, 1.54) is 38.8 Å². The second kappa shape index (κ2) is 3.82. The number of nitrogens with zero attached hydrogens (tertiary/aromatic N) is 1. The predicted molar refractivity (Wildman–Crippen MR) is 60.5 cm³/mol. The molecule has 0 radical (unpaired) electrons. The van der Waals surface area contributed by atoms with E-state index in [0.29, 0.717) is 5.41 Å². The highest BCUT2D eigenvalue weighted by Gasteiger charge is 2.51. The van der Waals surface area contributed by atoms with Crippen LogP contribution in [0.2, 0.25) is 0 Å². The van der Waals surface area contributed by atoms with Crippen LogP contribution in [0.4, 0.5) is 0 Å². The third kappa shape index (κ3) is 1.82. The molecule has 3 atom stereocenters. The van der Waals surface area contributed by atoms with Gasteiger partial charge in [-0.15, -0.1) is 0 Å². The Morgan fingerprint density at radius 1 is 1.50 bits per heavy atom. The van der Waals surface area contributed by atoms with Crippen molar-refractivity contribution in [2.45, 2.75) is 51.6 Å². The summed E-state index contributed by atoms with van der Waals surface area (Å²) in [4.78, 5) is 2.72. The maximum Gasteiger partial charge on any atom is 0.0192 e. The molecule has 1 N–H and O–H groups in total. The van der Waals surface area contributed by atoms with Gasteiger partial charge in [0, 0.05) is 18.6 Å². The molecule has 0 aromatic rings. The summed E-state index contributed by atoms with van der Waals surface area (Å²) in [7, 11) is 2.10. The van der Waals surface area contributed by atoms with E-state index >= 15 is 0 Å². The largest absolute Gasteiger partial charge is 0.316 e. The Bertz CT molecular complexity index is 204. The molecule has 2 rings (SSSR count). The minimum absolute atomic E-state index is 0.648. The molecule has 1 heterocycles. The molecule has 2 nitrogen and oxygen atoms in total. The number of piperidine rings is 1. The van der Waals surface area contributed by atoms with Crippen molar-refractivity contribution in [2.75, 3.05) is 20.1 Å². The van der Waals surface area contributed by atoms with Gasteiger partial charge in [0.25, 0.3) is 0 Å². The van der Waals surface area contributed by atoms with Crippen molar-refractivity contribution < 1.29 is 0 Å². The van der Waals surface area contributed by atoms with Gasteiger partial charge in [-0.2, -0.15) is 0 Å². The van der Waals surface area contributed by atoms with Crippen LogP contribution in [0, 0.1) is 5.41 Å². The summed E-state index contributed by atoms with van der Waals surface area (Å²) in [6.07, 6.45) is 5.52. The van der Waals surface area contributed by atoms with Crippen molar-refractivity contribution in [2.24, 2.45) is 5.41 Å². The molecule has 82 valence electrons. The average molecular weight is 196 g/mol. The van der Waals surface area contributed by atoms with Gasteiger partial charge in [0.15, 0.2) is 0 Å². The summed E-state index contributed by atoms with van der Waals surface area (Å²) in [6.45, 7) is 7.38. The topological polar surface area (TPSA) is 15.3 Å². The van der Waals surface area contributed by atoms with Gasteiger partial charge in [-0.25, -0.2) is 0 Å². The van der Waals surface area contributed by atoms with Crippen LogP contribution in [0.5, 0.6) is 0 Å². The number of rotatable bonds is 3. The highest BCUT2D eigenvalue weighted by atomic mass is 15.2. The van der Waals surface area contributed by atoms with Crippen LogP contribution >= 0.6 is 0 Å². The van der Waals surface area contributed by atoms with Crippen molar-refractivity contribution in [3.05, 3.63) is 0 Å². The van der Waals surface area contributed by atoms with E-state index in [2.05, 4.69) is 31.1 Å². The molecule has 3 unspecified atom stereocenters. The summed E-state index contributed by atoms with van der Waals surface area (Å²) in [5.41, 5.74) is 0.648. The summed E-state index contributed by atoms with van der Waals surface area (Å²) < 4.78 is 0. The zero-order valence-electron chi connectivity index (χ0n) is 9.84. The summed E-state index contributed by atoms with van der Waals surface area (Å²) in [5.74, 6) is 0. The maximum atomic E-state index is 3.42. The standard InChI is InChI=1S/C12H24N2/c1-4-12(2)8-11(12)14-7-5-6-10(9-14)13-3/h10-11,13H,4-9H2,1-3H3. The predicted octanol–water partition coefficient (Wildman–Crippen LogP) is 1.86. The smallest absolute Gasteiger partial charge is 0.0192 e. The second-order valence-corrected chi connectivity index (χ2v) is 5.35. The van der Waals surface area contributed by atoms with Crippen LogP contribution in [-0.4, -0.2) is 37.1 Å². The molecule has 1 saturated heterocycles. The van der Waals surface area contributed by atoms with Crippen LogP contribution in [0.15, 0.2) is 0 Å². The third-order valence-electron chi connectivity index (χ3n) is 4.41. The monoisotopic (exact) mass is 196 g/mol. The Hall–Kier alpha value is -0.0800. The molecule has 2 fully saturated rings. The van der Waals surface area contributed by atoms with Crippen LogP contribution in [-0.2, 0) is 0 Å². The Labute approximate surface area is 88.1 Å². The van der Waals surface area contributed by atoms with Gasteiger partial charge < -0.3 is 5.32 Å². The molecule has 0 aromatic heterocycles. The summed E-state index contributed by atoms with van der Waals surface area (Å²) in [5, 5.41) is 3.42. The zero-order valence-corrected chi connectivity index (χ0v) is 9.84. The first kappa shape index (κ1) is 10.4. The van der Waals surface area contributed by atoms with Crippen molar-refractivity contribution in [1.82, 2.24) is 10.2 Å². The molecule has 0 spiro atoms. The molecule has 1 aliphatic carbocycles. The van der Waals surface area contributed by atoms with Gasteiger partial charge in [0.2, 0.25) is 0 Å². The van der Waals surface area contributed by atoms with Crippen molar-refractivity contribution >= 4 is 0 Å². The van der Waals surface area contributed by atoms with E-state index in [-0.39, 0.29) is 0 Å².